The lowest BCUT2D eigenvalue weighted by atomic mass is 10.2. The van der Waals surface area contributed by atoms with Crippen molar-refractivity contribution in [1.29, 1.82) is 0 Å². The molecule has 0 radical (unpaired) electrons. The monoisotopic (exact) mass is 410 g/mol. The lowest BCUT2D eigenvalue weighted by Crippen LogP contribution is -2.36. The highest BCUT2D eigenvalue weighted by Crippen LogP contribution is 2.27. The number of H-pyrrole nitrogens is 1. The molecule has 0 bridgehead atoms. The van der Waals surface area contributed by atoms with Crippen LogP contribution in [-0.2, 0) is 4.74 Å². The van der Waals surface area contributed by atoms with E-state index in [9.17, 15) is 0 Å². The first-order chi connectivity index (χ1) is 15.3. The number of anilines is 3. The molecule has 7 nitrogen and oxygen atoms in total. The normalized spacial score (nSPS) is 14.4. The van der Waals surface area contributed by atoms with Gasteiger partial charge in [0.2, 0.25) is 5.95 Å². The minimum absolute atomic E-state index is 0.557. The molecule has 0 amide bonds. The van der Waals surface area contributed by atoms with Crippen LogP contribution in [0.25, 0.3) is 27.8 Å². The molecule has 4 heterocycles. The lowest BCUT2D eigenvalue weighted by Gasteiger charge is -2.28. The third-order valence-corrected chi connectivity index (χ3v) is 5.72. The van der Waals surface area contributed by atoms with Crippen molar-refractivity contribution in [3.8, 4) is 5.82 Å². The Morgan fingerprint density at radius 1 is 0.903 bits per heavy atom. The van der Waals surface area contributed by atoms with Crippen molar-refractivity contribution >= 4 is 39.3 Å². The lowest BCUT2D eigenvalue weighted by molar-refractivity contribution is 0.122. The summed E-state index contributed by atoms with van der Waals surface area (Å²) < 4.78 is 7.56. The quantitative estimate of drug-likeness (QED) is 0.457. The Bertz CT molecular complexity index is 1350. The van der Waals surface area contributed by atoms with Crippen LogP contribution in [0.2, 0.25) is 0 Å². The van der Waals surface area contributed by atoms with Crippen LogP contribution in [0.3, 0.4) is 0 Å². The fraction of sp³-hybridized carbons (Fsp3) is 0.167. The van der Waals surface area contributed by atoms with Crippen molar-refractivity contribution in [2.75, 3.05) is 36.5 Å². The first-order valence-corrected chi connectivity index (χ1v) is 10.5. The van der Waals surface area contributed by atoms with E-state index in [1.165, 1.54) is 11.1 Å². The van der Waals surface area contributed by atoms with E-state index in [1.807, 2.05) is 24.4 Å². The molecule has 0 unspecified atom stereocenters. The van der Waals surface area contributed by atoms with Crippen LogP contribution < -0.4 is 10.2 Å². The number of morpholine rings is 1. The van der Waals surface area contributed by atoms with Crippen molar-refractivity contribution in [3.05, 3.63) is 73.1 Å². The molecule has 0 atom stereocenters. The van der Waals surface area contributed by atoms with E-state index in [0.29, 0.717) is 5.95 Å². The maximum Gasteiger partial charge on any atom is 0.231 e. The second kappa shape index (κ2) is 7.45. The average Bonchev–Trinajstić information content (AvgIpc) is 3.47. The summed E-state index contributed by atoms with van der Waals surface area (Å²) in [6.07, 6.45) is 3.95. The summed E-state index contributed by atoms with van der Waals surface area (Å²) in [5.41, 5.74) is 4.07. The van der Waals surface area contributed by atoms with Crippen LogP contribution >= 0.6 is 0 Å². The average molecular weight is 410 g/mol. The van der Waals surface area contributed by atoms with Gasteiger partial charge in [-0.15, -0.1) is 0 Å². The van der Waals surface area contributed by atoms with Crippen molar-refractivity contribution in [2.24, 2.45) is 0 Å². The zero-order valence-corrected chi connectivity index (χ0v) is 17.0. The van der Waals surface area contributed by atoms with Gasteiger partial charge in [0.15, 0.2) is 5.82 Å². The number of nitrogens with zero attached hydrogens (tertiary/aromatic N) is 4. The predicted molar refractivity (Wildman–Crippen MR) is 123 cm³/mol. The Kier molecular flexibility index (Phi) is 4.32. The van der Waals surface area contributed by atoms with Gasteiger partial charge in [-0.25, -0.2) is 0 Å². The molecule has 1 saturated heterocycles. The number of hydrogen-bond acceptors (Lipinski definition) is 5. The van der Waals surface area contributed by atoms with E-state index in [0.717, 1.165) is 54.4 Å². The first-order valence-electron chi connectivity index (χ1n) is 10.5. The number of para-hydroxylation sites is 1. The molecule has 0 saturated carbocycles. The van der Waals surface area contributed by atoms with E-state index in [1.54, 1.807) is 0 Å². The second-order valence-corrected chi connectivity index (χ2v) is 7.63. The Morgan fingerprint density at radius 3 is 2.61 bits per heavy atom. The van der Waals surface area contributed by atoms with Crippen LogP contribution in [0.4, 0.5) is 17.3 Å². The molecule has 154 valence electrons. The van der Waals surface area contributed by atoms with Gasteiger partial charge in [-0.3, -0.25) is 0 Å². The summed E-state index contributed by atoms with van der Waals surface area (Å²) in [5, 5.41) is 5.53. The third-order valence-electron chi connectivity index (χ3n) is 5.72. The standard InChI is InChI=1S/C24H22N6O/c1-2-4-21-17(3-1)10-12-30(21)23-20-9-11-25-22(20)27-24(28-23)26-18-5-7-19(8-6-18)29-13-15-31-16-14-29/h1-12H,13-16H2,(H2,25,26,27,28). The van der Waals surface area contributed by atoms with Gasteiger partial charge in [-0.1, -0.05) is 18.2 Å². The summed E-state index contributed by atoms with van der Waals surface area (Å²) >= 11 is 0. The number of benzene rings is 2. The summed E-state index contributed by atoms with van der Waals surface area (Å²) in [4.78, 5) is 15.1. The van der Waals surface area contributed by atoms with Crippen LogP contribution in [0.5, 0.6) is 0 Å². The molecule has 3 aromatic heterocycles. The number of ether oxygens (including phenoxy) is 1. The fourth-order valence-electron chi connectivity index (χ4n) is 4.14. The molecule has 1 fully saturated rings. The van der Waals surface area contributed by atoms with Crippen LogP contribution in [-0.4, -0.2) is 45.8 Å². The van der Waals surface area contributed by atoms with Gasteiger partial charge in [0, 0.05) is 36.9 Å². The van der Waals surface area contributed by atoms with Gasteiger partial charge < -0.3 is 24.5 Å². The Balaban J connectivity index is 1.35. The van der Waals surface area contributed by atoms with Gasteiger partial charge in [0.05, 0.1) is 24.1 Å². The molecule has 0 aliphatic carbocycles. The minimum Gasteiger partial charge on any atom is -0.378 e. The number of aromatic nitrogens is 4. The summed E-state index contributed by atoms with van der Waals surface area (Å²) in [6.45, 7) is 3.41. The van der Waals surface area contributed by atoms with Crippen molar-refractivity contribution in [2.45, 2.75) is 0 Å². The van der Waals surface area contributed by atoms with Gasteiger partial charge in [-0.05, 0) is 47.9 Å². The van der Waals surface area contributed by atoms with Crippen molar-refractivity contribution < 1.29 is 4.74 Å². The third kappa shape index (κ3) is 3.29. The van der Waals surface area contributed by atoms with Crippen LogP contribution in [0.15, 0.2) is 73.1 Å². The van der Waals surface area contributed by atoms with E-state index < -0.39 is 0 Å². The summed E-state index contributed by atoms with van der Waals surface area (Å²) in [7, 11) is 0. The molecule has 31 heavy (non-hydrogen) atoms. The van der Waals surface area contributed by atoms with Crippen LogP contribution in [0.1, 0.15) is 0 Å². The highest BCUT2D eigenvalue weighted by Gasteiger charge is 2.14. The van der Waals surface area contributed by atoms with E-state index >= 15 is 0 Å². The van der Waals surface area contributed by atoms with Gasteiger partial charge in [-0.2, -0.15) is 9.97 Å². The number of nitrogens with one attached hydrogen (secondary N) is 2. The largest absolute Gasteiger partial charge is 0.378 e. The molecular weight excluding hydrogens is 388 g/mol. The SMILES string of the molecule is c1ccc2c(c1)ccn2-c1nc(Nc2ccc(N3CCOCC3)cc2)nc2[nH]ccc12. The van der Waals surface area contributed by atoms with Gasteiger partial charge >= 0.3 is 0 Å². The highest BCUT2D eigenvalue weighted by atomic mass is 16.5. The van der Waals surface area contributed by atoms with Crippen molar-refractivity contribution in [1.82, 2.24) is 19.5 Å². The van der Waals surface area contributed by atoms with E-state index in [-0.39, 0.29) is 0 Å². The zero-order valence-electron chi connectivity index (χ0n) is 17.0. The number of hydrogen-bond donors (Lipinski definition) is 2. The second-order valence-electron chi connectivity index (χ2n) is 7.63. The predicted octanol–water partition coefficient (Wildman–Crippen LogP) is 4.48. The number of fused-ring (bicyclic) bond motifs is 2. The zero-order chi connectivity index (χ0) is 20.6. The molecule has 2 aromatic carbocycles. The smallest absolute Gasteiger partial charge is 0.231 e. The molecular formula is C24H22N6O. The molecule has 0 spiro atoms. The van der Waals surface area contributed by atoms with E-state index in [2.05, 4.69) is 73.4 Å². The Morgan fingerprint density at radius 2 is 1.74 bits per heavy atom. The molecule has 1 aliphatic heterocycles. The number of rotatable bonds is 4. The Labute approximate surface area is 179 Å². The Hall–Kier alpha value is -3.84. The maximum atomic E-state index is 5.45. The van der Waals surface area contributed by atoms with E-state index in [4.69, 9.17) is 9.72 Å². The fourth-order valence-corrected chi connectivity index (χ4v) is 4.14. The minimum atomic E-state index is 0.557. The molecule has 5 aromatic rings. The first kappa shape index (κ1) is 18.0. The van der Waals surface area contributed by atoms with Gasteiger partial charge in [0.1, 0.15) is 5.65 Å². The number of aromatic amines is 1. The van der Waals surface area contributed by atoms with Crippen molar-refractivity contribution in [3.63, 3.8) is 0 Å². The molecule has 6 rings (SSSR count). The molecule has 1 aliphatic rings. The van der Waals surface area contributed by atoms with Crippen LogP contribution in [0, 0.1) is 0 Å². The maximum absolute atomic E-state index is 5.45. The summed E-state index contributed by atoms with van der Waals surface area (Å²) in [5.74, 6) is 1.40. The topological polar surface area (TPSA) is 71.0 Å². The molecule has 7 heteroatoms. The summed E-state index contributed by atoms with van der Waals surface area (Å²) in [6, 6.07) is 20.8. The molecule has 2 N–H and O–H groups in total. The van der Waals surface area contributed by atoms with Gasteiger partial charge in [0.25, 0.3) is 0 Å². The highest BCUT2D eigenvalue weighted by molar-refractivity contribution is 5.89.